The van der Waals surface area contributed by atoms with Crippen LogP contribution in [0.4, 0.5) is 0 Å². The van der Waals surface area contributed by atoms with Gasteiger partial charge in [-0.05, 0) is 156 Å². The molecule has 114 heavy (non-hydrogen) atoms. The SMILES string of the molecule is C=C(c1cc(OC)c(OC)c(OC)c1)c1nc(Cl)nc2ccccc12.C=C(c1ccc(OC)c(C#CCO)c1)c1nc(C)nc2ccccc12.C=C(c1ccc(OC)cc1)c1cc(Cl)c2ccccc2n1.C=C(c1ccc(OC)cc1)c1nc(C#N)nc2ccccc12.C=C(c1ccc(OC)cc1)c1nc(C)cc2ccccc12. The van der Waals surface area contributed by atoms with E-state index in [4.69, 9.17) is 66.7 Å². The second-order valence-electron chi connectivity index (χ2n) is 25.2. The van der Waals surface area contributed by atoms with Crippen molar-refractivity contribution in [3.8, 4) is 58.2 Å². The van der Waals surface area contributed by atoms with Crippen molar-refractivity contribution in [2.24, 2.45) is 0 Å². The third-order valence-electron chi connectivity index (χ3n) is 18.2. The van der Waals surface area contributed by atoms with Gasteiger partial charge in [-0.2, -0.15) is 5.26 Å². The molecule has 0 spiro atoms. The molecule has 0 bridgehead atoms. The van der Waals surface area contributed by atoms with Crippen LogP contribution in [0.15, 0.2) is 269 Å². The lowest BCUT2D eigenvalue weighted by Crippen LogP contribution is -1.99. The molecule has 15 rings (SSSR count). The molecule has 0 aliphatic heterocycles. The second-order valence-corrected chi connectivity index (χ2v) is 26.0. The van der Waals surface area contributed by atoms with Crippen LogP contribution in [0.3, 0.4) is 0 Å². The summed E-state index contributed by atoms with van der Waals surface area (Å²) in [7, 11) is 11.2. The Kier molecular flexibility index (Phi) is 27.0. The molecular formula is C95H79Cl2N9O8. The Morgan fingerprint density at radius 1 is 0.377 bits per heavy atom. The highest BCUT2D eigenvalue weighted by Crippen LogP contribution is 2.42. The van der Waals surface area contributed by atoms with E-state index in [2.05, 4.69) is 103 Å². The number of aryl methyl sites for hydroxylation is 2. The van der Waals surface area contributed by atoms with E-state index in [-0.39, 0.29) is 17.7 Å². The van der Waals surface area contributed by atoms with Crippen LogP contribution < -0.4 is 33.2 Å². The number of rotatable bonds is 17. The Morgan fingerprint density at radius 2 is 0.798 bits per heavy atom. The molecule has 0 fully saturated rings. The fourth-order valence-corrected chi connectivity index (χ4v) is 12.8. The van der Waals surface area contributed by atoms with Crippen molar-refractivity contribution in [1.29, 1.82) is 5.26 Å². The van der Waals surface area contributed by atoms with E-state index in [0.717, 1.165) is 139 Å². The molecule has 10 aromatic carbocycles. The van der Waals surface area contributed by atoms with Gasteiger partial charge in [0, 0.05) is 60.5 Å². The zero-order valence-electron chi connectivity index (χ0n) is 64.3. The fourth-order valence-electron chi connectivity index (χ4n) is 12.4. The average molecular weight is 1550 g/mol. The van der Waals surface area contributed by atoms with Gasteiger partial charge in [0.25, 0.3) is 0 Å². The van der Waals surface area contributed by atoms with Gasteiger partial charge in [0.05, 0.1) is 111 Å². The van der Waals surface area contributed by atoms with Gasteiger partial charge < -0.3 is 38.3 Å². The van der Waals surface area contributed by atoms with Gasteiger partial charge in [-0.25, -0.2) is 34.9 Å². The highest BCUT2D eigenvalue weighted by atomic mass is 35.5. The molecule has 1 N–H and O–H groups in total. The number of benzene rings is 10. The van der Waals surface area contributed by atoms with Crippen molar-refractivity contribution < 1.29 is 38.3 Å². The van der Waals surface area contributed by atoms with Crippen LogP contribution in [-0.2, 0) is 0 Å². The molecule has 0 saturated heterocycles. The number of nitriles is 1. The summed E-state index contributed by atoms with van der Waals surface area (Å²) in [6.45, 7) is 24.6. The van der Waals surface area contributed by atoms with Crippen molar-refractivity contribution in [2.75, 3.05) is 56.4 Å². The van der Waals surface area contributed by atoms with Crippen LogP contribution in [-0.4, -0.2) is 101 Å². The molecule has 0 saturated carbocycles. The number of halogens is 2. The number of hydrogen-bond acceptors (Lipinski definition) is 17. The number of aromatic nitrogens is 8. The van der Waals surface area contributed by atoms with E-state index < -0.39 is 0 Å². The lowest BCUT2D eigenvalue weighted by molar-refractivity contribution is 0.324. The summed E-state index contributed by atoms with van der Waals surface area (Å²) in [5.41, 5.74) is 17.4. The van der Waals surface area contributed by atoms with Crippen LogP contribution >= 0.6 is 23.2 Å². The first-order valence-corrected chi connectivity index (χ1v) is 36.3. The Bertz CT molecular complexity index is 6210. The second kappa shape index (κ2) is 38.0. The molecule has 0 radical (unpaired) electrons. The summed E-state index contributed by atoms with van der Waals surface area (Å²) >= 11 is 12.4. The number of aliphatic hydroxyl groups is 1. The molecule has 0 unspecified atom stereocenters. The van der Waals surface area contributed by atoms with Crippen LogP contribution in [0.1, 0.15) is 79.2 Å². The highest BCUT2D eigenvalue weighted by molar-refractivity contribution is 6.35. The van der Waals surface area contributed by atoms with E-state index in [1.54, 1.807) is 49.8 Å². The molecule has 0 aliphatic rings. The topological polar surface area (TPSA) is 212 Å². The third kappa shape index (κ3) is 19.0. The molecule has 0 aliphatic carbocycles. The number of fused-ring (bicyclic) bond motifs is 5. The normalized spacial score (nSPS) is 10.4. The molecule has 566 valence electrons. The number of methoxy groups -OCH3 is 7. The van der Waals surface area contributed by atoms with Crippen LogP contribution in [0.5, 0.6) is 40.2 Å². The number of pyridine rings is 2. The number of para-hydroxylation sites is 4. The van der Waals surface area contributed by atoms with Gasteiger partial charge in [-0.1, -0.05) is 196 Å². The average Bonchev–Trinajstić information content (AvgIpc) is 0.796. The first-order valence-electron chi connectivity index (χ1n) is 35.6. The van der Waals surface area contributed by atoms with Crippen LogP contribution in [0.2, 0.25) is 10.3 Å². The number of ether oxygens (including phenoxy) is 7. The van der Waals surface area contributed by atoms with E-state index in [0.29, 0.717) is 56.4 Å². The van der Waals surface area contributed by atoms with E-state index >= 15 is 0 Å². The van der Waals surface area contributed by atoms with Gasteiger partial charge in [-0.15, -0.1) is 0 Å². The Balaban J connectivity index is 0.000000141. The monoisotopic (exact) mass is 1540 g/mol. The molecular weight excluding hydrogens is 1470 g/mol. The van der Waals surface area contributed by atoms with Gasteiger partial charge in [0.2, 0.25) is 16.9 Å². The van der Waals surface area contributed by atoms with E-state index in [9.17, 15) is 0 Å². The summed E-state index contributed by atoms with van der Waals surface area (Å²) in [5, 5.41) is 24.9. The van der Waals surface area contributed by atoms with Crippen molar-refractivity contribution in [3.63, 3.8) is 0 Å². The quantitative estimate of drug-likeness (QED) is 0.0663. The molecule has 0 atom stereocenters. The van der Waals surface area contributed by atoms with Crippen molar-refractivity contribution in [2.45, 2.75) is 13.8 Å². The predicted octanol–water partition coefficient (Wildman–Crippen LogP) is 20.9. The summed E-state index contributed by atoms with van der Waals surface area (Å²) in [4.78, 5) is 35.6. The zero-order chi connectivity index (χ0) is 81.0. The number of nitrogens with zero attached hydrogens (tertiary/aromatic N) is 9. The summed E-state index contributed by atoms with van der Waals surface area (Å²) in [6, 6.07) is 77.7. The van der Waals surface area contributed by atoms with Crippen LogP contribution in [0, 0.1) is 37.0 Å². The Morgan fingerprint density at radius 3 is 1.30 bits per heavy atom. The minimum absolute atomic E-state index is 0.142. The van der Waals surface area contributed by atoms with E-state index in [1.807, 2.05) is 238 Å². The standard InChI is InChI=1S/C21H18N2O2.C19H17ClN2O3.C19H17NO.C18H14ClNO.C18H13N3O/c1-14(16-10-11-20(25-3)17(13-16)7-6-12-24)21-18-8-4-5-9-19(18)22-15(2)23-21;1-11(12-9-15(23-2)18(25-4)16(10-12)24-3)17-13-7-5-6-8-14(13)21-19(20)22-17;1-13-12-16-6-4-5-7-18(16)19(20-13)14(2)15-8-10-17(21-3)11-9-15;1-12(13-7-9-14(21-2)10-8-13)18-11-16(19)15-5-3-4-6-17(15)20-18;1-12(13-7-9-14(22-2)10-8-13)18-15-5-3-4-6-16(15)20-17(11-19)21-18/h4-5,8-11,13,24H,1,12H2,2-3H3;5-10H,1H2,2-4H3;4-12H,2H2,1,3H3;3-11H,1H2,2H3;3-10H,1H2,2H3. The van der Waals surface area contributed by atoms with Crippen molar-refractivity contribution in [1.82, 2.24) is 39.9 Å². The Hall–Kier alpha value is -14.1. The number of hydrogen-bond donors (Lipinski definition) is 1. The lowest BCUT2D eigenvalue weighted by atomic mass is 9.98. The van der Waals surface area contributed by atoms with Crippen LogP contribution in [0.25, 0.3) is 82.2 Å². The largest absolute Gasteiger partial charge is 0.497 e. The summed E-state index contributed by atoms with van der Waals surface area (Å²) < 4.78 is 37.0. The molecule has 17 nitrogen and oxygen atoms in total. The van der Waals surface area contributed by atoms with Crippen molar-refractivity contribution in [3.05, 3.63) is 359 Å². The molecule has 5 heterocycles. The van der Waals surface area contributed by atoms with Gasteiger partial charge in [-0.3, -0.25) is 4.98 Å². The highest BCUT2D eigenvalue weighted by Gasteiger charge is 2.20. The summed E-state index contributed by atoms with van der Waals surface area (Å²) in [6.07, 6.45) is 0. The molecule has 5 aromatic heterocycles. The third-order valence-corrected chi connectivity index (χ3v) is 18.6. The van der Waals surface area contributed by atoms with Crippen molar-refractivity contribution >= 4 is 105 Å². The maximum Gasteiger partial charge on any atom is 0.233 e. The first kappa shape index (κ1) is 80.9. The fraction of sp³-hybridized carbons (Fsp3) is 0.105. The maximum atomic E-state index is 9.12. The van der Waals surface area contributed by atoms with E-state index in [1.165, 1.54) is 5.39 Å². The molecule has 0 amide bonds. The zero-order valence-corrected chi connectivity index (χ0v) is 65.9. The van der Waals surface area contributed by atoms with Gasteiger partial charge in [0.15, 0.2) is 11.5 Å². The lowest BCUT2D eigenvalue weighted by Gasteiger charge is -2.15. The smallest absolute Gasteiger partial charge is 0.233 e. The minimum atomic E-state index is -0.204. The maximum absolute atomic E-state index is 9.12. The minimum Gasteiger partial charge on any atom is -0.497 e. The predicted molar refractivity (Wildman–Crippen MR) is 459 cm³/mol. The molecule has 15 aromatic rings. The van der Waals surface area contributed by atoms with Gasteiger partial charge in [0.1, 0.15) is 41.5 Å². The first-order chi connectivity index (χ1) is 55.3. The Labute approximate surface area is 672 Å². The number of aliphatic hydroxyl groups excluding tert-OH is 1. The van der Waals surface area contributed by atoms with Gasteiger partial charge >= 0.3 is 0 Å². The summed E-state index contributed by atoms with van der Waals surface area (Å²) in [5.74, 6) is 11.1. The molecule has 19 heteroatoms.